The van der Waals surface area contributed by atoms with Crippen molar-refractivity contribution < 1.29 is 14.3 Å². The minimum absolute atomic E-state index is 0.00131. The molecule has 0 bridgehead atoms. The Bertz CT molecular complexity index is 446. The van der Waals surface area contributed by atoms with E-state index in [2.05, 4.69) is 5.32 Å². The van der Waals surface area contributed by atoms with Gasteiger partial charge in [-0.25, -0.2) is 0 Å². The average Bonchev–Trinajstić information content (AvgIpc) is 2.45. The average molecular weight is 292 g/mol. The first-order valence-corrected chi connectivity index (χ1v) is 7.25. The zero-order valence-corrected chi connectivity index (χ0v) is 13.0. The van der Waals surface area contributed by atoms with E-state index in [1.54, 1.807) is 11.8 Å². The van der Waals surface area contributed by atoms with Crippen LogP contribution in [0.1, 0.15) is 20.8 Å². The van der Waals surface area contributed by atoms with Gasteiger partial charge in [0.25, 0.3) is 0 Å². The van der Waals surface area contributed by atoms with Gasteiger partial charge in [-0.1, -0.05) is 32.0 Å². The molecule has 0 radical (unpaired) electrons. The summed E-state index contributed by atoms with van der Waals surface area (Å²) in [6.45, 7) is 6.80. The van der Waals surface area contributed by atoms with Crippen LogP contribution < -0.4 is 5.32 Å². The first-order chi connectivity index (χ1) is 10.0. The molecule has 0 aliphatic rings. The highest BCUT2D eigenvalue weighted by Gasteiger charge is 2.18. The number of benzene rings is 1. The lowest BCUT2D eigenvalue weighted by Gasteiger charge is -2.24. The molecule has 0 heterocycles. The number of ether oxygens (including phenoxy) is 1. The van der Waals surface area contributed by atoms with E-state index >= 15 is 0 Å². The number of para-hydroxylation sites is 1. The third-order valence-corrected chi connectivity index (χ3v) is 2.78. The number of esters is 1. The predicted molar refractivity (Wildman–Crippen MR) is 83.0 cm³/mol. The van der Waals surface area contributed by atoms with Gasteiger partial charge in [0.1, 0.15) is 6.54 Å². The number of nitrogens with zero attached hydrogens (tertiary/aromatic N) is 1. The third-order valence-electron chi connectivity index (χ3n) is 2.78. The normalized spacial score (nSPS) is 10.3. The van der Waals surface area contributed by atoms with Crippen LogP contribution in [0.4, 0.5) is 5.69 Å². The fraction of sp³-hybridized carbons (Fsp3) is 0.500. The molecule has 5 nitrogen and oxygen atoms in total. The number of carbonyl (C=O) groups excluding carboxylic acids is 2. The van der Waals surface area contributed by atoms with Crippen LogP contribution in [0.3, 0.4) is 0 Å². The summed E-state index contributed by atoms with van der Waals surface area (Å²) in [5.74, 6) is -0.188. The van der Waals surface area contributed by atoms with Crippen molar-refractivity contribution >= 4 is 17.6 Å². The third kappa shape index (κ3) is 6.79. The molecule has 0 aliphatic heterocycles. The monoisotopic (exact) mass is 292 g/mol. The summed E-state index contributed by atoms with van der Waals surface area (Å²) in [7, 11) is 0. The Morgan fingerprint density at radius 3 is 2.48 bits per heavy atom. The maximum absolute atomic E-state index is 12.2. The van der Waals surface area contributed by atoms with E-state index in [-0.39, 0.29) is 25.0 Å². The van der Waals surface area contributed by atoms with Crippen molar-refractivity contribution in [2.24, 2.45) is 5.92 Å². The molecule has 0 unspecified atom stereocenters. The molecule has 0 atom stereocenters. The lowest BCUT2D eigenvalue weighted by Crippen LogP contribution is -2.41. The second-order valence-electron chi connectivity index (χ2n) is 5.19. The molecule has 5 heteroatoms. The number of rotatable bonds is 8. The summed E-state index contributed by atoms with van der Waals surface area (Å²) in [5.41, 5.74) is 0.881. The first-order valence-electron chi connectivity index (χ1n) is 7.25. The molecule has 1 N–H and O–H groups in total. The summed E-state index contributed by atoms with van der Waals surface area (Å²) in [6.07, 6.45) is 0. The van der Waals surface area contributed by atoms with Crippen molar-refractivity contribution in [3.8, 4) is 0 Å². The van der Waals surface area contributed by atoms with Crippen LogP contribution in [0.25, 0.3) is 0 Å². The van der Waals surface area contributed by atoms with Crippen molar-refractivity contribution in [1.29, 1.82) is 0 Å². The van der Waals surface area contributed by atoms with E-state index in [0.29, 0.717) is 19.1 Å². The largest absolute Gasteiger partial charge is 0.465 e. The van der Waals surface area contributed by atoms with Gasteiger partial charge >= 0.3 is 5.97 Å². The van der Waals surface area contributed by atoms with Crippen molar-refractivity contribution in [2.75, 3.05) is 31.6 Å². The molecule has 0 aromatic heterocycles. The highest BCUT2D eigenvalue weighted by Crippen LogP contribution is 2.06. The summed E-state index contributed by atoms with van der Waals surface area (Å²) in [4.78, 5) is 25.4. The van der Waals surface area contributed by atoms with E-state index in [1.165, 1.54) is 0 Å². The van der Waals surface area contributed by atoms with E-state index in [1.807, 2.05) is 44.2 Å². The van der Waals surface area contributed by atoms with Gasteiger partial charge in [0.15, 0.2) is 0 Å². The second kappa shape index (κ2) is 9.00. The number of carbonyl (C=O) groups is 2. The molecule has 21 heavy (non-hydrogen) atoms. The maximum Gasteiger partial charge on any atom is 0.325 e. The molecular weight excluding hydrogens is 268 g/mol. The van der Waals surface area contributed by atoms with Crippen LogP contribution in [0.5, 0.6) is 0 Å². The summed E-state index contributed by atoms with van der Waals surface area (Å²) >= 11 is 0. The molecule has 1 rings (SSSR count). The van der Waals surface area contributed by atoms with Crippen molar-refractivity contribution in [3.05, 3.63) is 30.3 Å². The Morgan fingerprint density at radius 2 is 1.90 bits per heavy atom. The highest BCUT2D eigenvalue weighted by molar-refractivity contribution is 5.85. The van der Waals surface area contributed by atoms with Crippen molar-refractivity contribution in [2.45, 2.75) is 20.8 Å². The van der Waals surface area contributed by atoms with Gasteiger partial charge in [0.05, 0.1) is 13.2 Å². The Balaban J connectivity index is 2.56. The van der Waals surface area contributed by atoms with Gasteiger partial charge < -0.3 is 15.0 Å². The smallest absolute Gasteiger partial charge is 0.325 e. The molecule has 0 spiro atoms. The van der Waals surface area contributed by atoms with Crippen LogP contribution >= 0.6 is 0 Å². The molecule has 1 aromatic rings. The van der Waals surface area contributed by atoms with Gasteiger partial charge in [0, 0.05) is 12.2 Å². The standard InChI is InChI=1S/C16H24N2O3/c1-4-21-16(20)12-18(11-13(2)3)15(19)10-17-14-8-6-5-7-9-14/h5-9,13,17H,4,10-12H2,1-3H3. The number of hydrogen-bond donors (Lipinski definition) is 1. The van der Waals surface area contributed by atoms with Crippen LogP contribution in [-0.4, -0.2) is 43.0 Å². The second-order valence-corrected chi connectivity index (χ2v) is 5.19. The zero-order chi connectivity index (χ0) is 15.7. The fourth-order valence-electron chi connectivity index (χ4n) is 1.90. The summed E-state index contributed by atoms with van der Waals surface area (Å²) in [6, 6.07) is 9.50. The molecule has 116 valence electrons. The lowest BCUT2D eigenvalue weighted by molar-refractivity contribution is -0.148. The predicted octanol–water partition coefficient (Wildman–Crippen LogP) is 2.15. The first kappa shape index (κ1) is 17.0. The van der Waals surface area contributed by atoms with Gasteiger partial charge in [-0.05, 0) is 25.0 Å². The molecular formula is C16H24N2O3. The quantitative estimate of drug-likeness (QED) is 0.746. The van der Waals surface area contributed by atoms with Crippen molar-refractivity contribution in [3.63, 3.8) is 0 Å². The fourth-order valence-corrected chi connectivity index (χ4v) is 1.90. The molecule has 0 aliphatic carbocycles. The van der Waals surface area contributed by atoms with Crippen LogP contribution in [0, 0.1) is 5.92 Å². The van der Waals surface area contributed by atoms with Gasteiger partial charge in [-0.3, -0.25) is 9.59 Å². The van der Waals surface area contributed by atoms with E-state index in [4.69, 9.17) is 4.74 Å². The van der Waals surface area contributed by atoms with Crippen LogP contribution in [-0.2, 0) is 14.3 Å². The number of hydrogen-bond acceptors (Lipinski definition) is 4. The van der Waals surface area contributed by atoms with Crippen LogP contribution in [0.2, 0.25) is 0 Å². The Labute approximate surface area is 126 Å². The minimum Gasteiger partial charge on any atom is -0.465 e. The minimum atomic E-state index is -0.369. The lowest BCUT2D eigenvalue weighted by atomic mass is 10.2. The molecule has 0 saturated heterocycles. The topological polar surface area (TPSA) is 58.6 Å². The summed E-state index contributed by atoms with van der Waals surface area (Å²) in [5, 5.41) is 3.06. The molecule has 0 saturated carbocycles. The van der Waals surface area contributed by atoms with Crippen molar-refractivity contribution in [1.82, 2.24) is 4.90 Å². The SMILES string of the molecule is CCOC(=O)CN(CC(C)C)C(=O)CNc1ccccc1. The zero-order valence-electron chi connectivity index (χ0n) is 13.0. The van der Waals surface area contributed by atoms with Gasteiger partial charge in [-0.2, -0.15) is 0 Å². The number of nitrogens with one attached hydrogen (secondary N) is 1. The van der Waals surface area contributed by atoms with Crippen LogP contribution in [0.15, 0.2) is 30.3 Å². The molecule has 1 aromatic carbocycles. The molecule has 1 amide bonds. The van der Waals surface area contributed by atoms with E-state index in [0.717, 1.165) is 5.69 Å². The maximum atomic E-state index is 12.2. The Hall–Kier alpha value is -2.04. The number of anilines is 1. The van der Waals surface area contributed by atoms with E-state index < -0.39 is 0 Å². The van der Waals surface area contributed by atoms with Gasteiger partial charge in [-0.15, -0.1) is 0 Å². The Morgan fingerprint density at radius 1 is 1.24 bits per heavy atom. The number of amides is 1. The van der Waals surface area contributed by atoms with E-state index in [9.17, 15) is 9.59 Å². The van der Waals surface area contributed by atoms with Gasteiger partial charge in [0.2, 0.25) is 5.91 Å². The Kier molecular flexibility index (Phi) is 7.29. The molecule has 0 fully saturated rings. The summed E-state index contributed by atoms with van der Waals surface area (Å²) < 4.78 is 4.91. The highest BCUT2D eigenvalue weighted by atomic mass is 16.5.